The van der Waals surface area contributed by atoms with Crippen LogP contribution in [0.3, 0.4) is 0 Å². The lowest BCUT2D eigenvalue weighted by atomic mass is 10.0. The van der Waals surface area contributed by atoms with E-state index < -0.39 is 18.1 Å². The Morgan fingerprint density at radius 1 is 1.12 bits per heavy atom. The maximum atomic E-state index is 14.1. The molecule has 2 amide bonds. The van der Waals surface area contributed by atoms with Crippen LogP contribution in [-0.4, -0.2) is 46.5 Å². The zero-order valence-corrected chi connectivity index (χ0v) is 23.2. The molecule has 0 fully saturated rings. The van der Waals surface area contributed by atoms with Gasteiger partial charge in [-0.2, -0.15) is 0 Å². The van der Waals surface area contributed by atoms with E-state index >= 15 is 0 Å². The maximum Gasteiger partial charge on any atom is 0.300 e. The van der Waals surface area contributed by atoms with Gasteiger partial charge >= 0.3 is 0 Å². The van der Waals surface area contributed by atoms with Crippen molar-refractivity contribution in [1.29, 1.82) is 5.41 Å². The first-order valence-corrected chi connectivity index (χ1v) is 13.0. The van der Waals surface area contributed by atoms with Gasteiger partial charge in [-0.1, -0.05) is 48.5 Å². The third-order valence-electron chi connectivity index (χ3n) is 6.31. The van der Waals surface area contributed by atoms with E-state index in [1.165, 1.54) is 11.0 Å². The summed E-state index contributed by atoms with van der Waals surface area (Å²) < 4.78 is 19.8. The fourth-order valence-electron chi connectivity index (χ4n) is 4.38. The Balaban J connectivity index is 0.00000108. The number of aryl methyl sites for hydroxylation is 1. The van der Waals surface area contributed by atoms with Gasteiger partial charge < -0.3 is 31.1 Å². The number of carboxylic acid groups (broad SMARTS) is 1. The van der Waals surface area contributed by atoms with E-state index in [9.17, 15) is 14.0 Å². The van der Waals surface area contributed by atoms with Crippen LogP contribution in [0.15, 0.2) is 60.7 Å². The molecular weight excluding hydrogens is 529 g/mol. The number of halogens is 1. The van der Waals surface area contributed by atoms with Gasteiger partial charge in [0.25, 0.3) is 17.8 Å². The number of carbonyl (C=O) groups excluding carboxylic acids is 2. The van der Waals surface area contributed by atoms with Crippen molar-refractivity contribution in [1.82, 2.24) is 10.2 Å². The molecule has 0 saturated carbocycles. The Morgan fingerprint density at radius 3 is 2.46 bits per heavy atom. The SMILES string of the molecule is CC(=O)O.CCOC(C(=O)NCc1ccc(C(=N)N)cc1NCc1ccccc1F)N1Cc2cccc(C)c2C1=O. The molecule has 1 aliphatic rings. The van der Waals surface area contributed by atoms with Crippen LogP contribution in [-0.2, 0) is 34.0 Å². The maximum absolute atomic E-state index is 14.1. The van der Waals surface area contributed by atoms with E-state index in [-0.39, 0.29) is 43.8 Å². The molecule has 0 saturated heterocycles. The summed E-state index contributed by atoms with van der Waals surface area (Å²) in [6.45, 7) is 5.59. The Hall–Kier alpha value is -4.77. The number of aliphatic carboxylic acids is 1. The lowest BCUT2D eigenvalue weighted by Crippen LogP contribution is -2.48. The predicted molar refractivity (Wildman–Crippen MR) is 153 cm³/mol. The highest BCUT2D eigenvalue weighted by molar-refractivity contribution is 6.02. The van der Waals surface area contributed by atoms with Crippen molar-refractivity contribution in [3.63, 3.8) is 0 Å². The quantitative estimate of drug-likeness (QED) is 0.186. The van der Waals surface area contributed by atoms with Gasteiger partial charge in [-0.3, -0.25) is 19.8 Å². The molecule has 11 heteroatoms. The molecule has 1 aliphatic heterocycles. The van der Waals surface area contributed by atoms with Crippen LogP contribution in [0.2, 0.25) is 0 Å². The number of nitrogens with one attached hydrogen (secondary N) is 3. The number of hydrogen-bond donors (Lipinski definition) is 5. The first-order chi connectivity index (χ1) is 19.5. The van der Waals surface area contributed by atoms with Crippen LogP contribution in [0.1, 0.15) is 52.0 Å². The summed E-state index contributed by atoms with van der Waals surface area (Å²) in [6, 6.07) is 17.2. The third kappa shape index (κ3) is 7.89. The lowest BCUT2D eigenvalue weighted by molar-refractivity contribution is -0.143. The van der Waals surface area contributed by atoms with Crippen molar-refractivity contribution >= 4 is 29.3 Å². The molecule has 0 bridgehead atoms. The number of anilines is 1. The van der Waals surface area contributed by atoms with Crippen molar-refractivity contribution in [2.24, 2.45) is 5.73 Å². The topological polar surface area (TPSA) is 158 Å². The van der Waals surface area contributed by atoms with Crippen molar-refractivity contribution in [3.05, 3.63) is 99.9 Å². The summed E-state index contributed by atoms with van der Waals surface area (Å²) in [4.78, 5) is 36.8. The van der Waals surface area contributed by atoms with Gasteiger partial charge in [0.1, 0.15) is 11.7 Å². The van der Waals surface area contributed by atoms with Crippen molar-refractivity contribution in [3.8, 4) is 0 Å². The lowest BCUT2D eigenvalue weighted by Gasteiger charge is -2.26. The van der Waals surface area contributed by atoms with E-state index in [0.717, 1.165) is 18.1 Å². The number of benzene rings is 3. The number of hydrogen-bond acceptors (Lipinski definition) is 6. The summed E-state index contributed by atoms with van der Waals surface area (Å²) in [6.07, 6.45) is -1.09. The largest absolute Gasteiger partial charge is 0.481 e. The Labute approximate surface area is 237 Å². The minimum Gasteiger partial charge on any atom is -0.481 e. The molecule has 216 valence electrons. The Morgan fingerprint density at radius 2 is 1.83 bits per heavy atom. The predicted octanol–water partition coefficient (Wildman–Crippen LogP) is 3.76. The molecule has 6 N–H and O–H groups in total. The van der Waals surface area contributed by atoms with Gasteiger partial charge in [0.15, 0.2) is 0 Å². The second-order valence-electron chi connectivity index (χ2n) is 9.32. The van der Waals surface area contributed by atoms with Crippen LogP contribution in [0.5, 0.6) is 0 Å². The van der Waals surface area contributed by atoms with Crippen molar-refractivity contribution in [2.75, 3.05) is 11.9 Å². The van der Waals surface area contributed by atoms with E-state index in [1.54, 1.807) is 43.3 Å². The molecule has 4 rings (SSSR count). The van der Waals surface area contributed by atoms with Crippen LogP contribution in [0.4, 0.5) is 10.1 Å². The number of fused-ring (bicyclic) bond motifs is 1. The summed E-state index contributed by atoms with van der Waals surface area (Å²) in [5, 5.41) is 21.2. The fraction of sp³-hybridized carbons (Fsp3) is 0.267. The van der Waals surface area contributed by atoms with Crippen LogP contribution in [0.25, 0.3) is 0 Å². The van der Waals surface area contributed by atoms with E-state index in [4.69, 9.17) is 25.8 Å². The number of amides is 2. The normalized spacial score (nSPS) is 12.6. The molecule has 0 spiro atoms. The van der Waals surface area contributed by atoms with E-state index in [1.807, 2.05) is 25.1 Å². The highest BCUT2D eigenvalue weighted by Crippen LogP contribution is 2.28. The number of carboxylic acids is 1. The highest BCUT2D eigenvalue weighted by Gasteiger charge is 2.37. The van der Waals surface area contributed by atoms with Gasteiger partial charge in [0, 0.05) is 55.5 Å². The zero-order chi connectivity index (χ0) is 30.1. The monoisotopic (exact) mass is 563 g/mol. The second-order valence-corrected chi connectivity index (χ2v) is 9.32. The van der Waals surface area contributed by atoms with Gasteiger partial charge in [-0.05, 0) is 42.7 Å². The number of rotatable bonds is 10. The first-order valence-electron chi connectivity index (χ1n) is 13.0. The zero-order valence-electron chi connectivity index (χ0n) is 23.2. The molecule has 0 aliphatic carbocycles. The summed E-state index contributed by atoms with van der Waals surface area (Å²) in [5.74, 6) is -1.96. The number of nitrogens with zero attached hydrogens (tertiary/aromatic N) is 1. The number of nitrogen functional groups attached to an aromatic ring is 1. The summed E-state index contributed by atoms with van der Waals surface area (Å²) in [5.41, 5.74) is 10.3. The molecular formula is C30H34FN5O5. The molecule has 10 nitrogen and oxygen atoms in total. The molecule has 41 heavy (non-hydrogen) atoms. The minimum atomic E-state index is -1.09. The molecule has 3 aromatic carbocycles. The average molecular weight is 564 g/mol. The Kier molecular flexibility index (Phi) is 10.5. The van der Waals surface area contributed by atoms with E-state index in [2.05, 4.69) is 10.6 Å². The van der Waals surface area contributed by atoms with Gasteiger partial charge in [0.2, 0.25) is 6.23 Å². The van der Waals surface area contributed by atoms with Gasteiger partial charge in [-0.15, -0.1) is 0 Å². The molecule has 3 aromatic rings. The van der Waals surface area contributed by atoms with Gasteiger partial charge in [-0.25, -0.2) is 4.39 Å². The average Bonchev–Trinajstić information content (AvgIpc) is 3.26. The third-order valence-corrected chi connectivity index (χ3v) is 6.31. The molecule has 0 aromatic heterocycles. The number of nitrogens with two attached hydrogens (primary N) is 1. The highest BCUT2D eigenvalue weighted by atomic mass is 19.1. The van der Waals surface area contributed by atoms with E-state index in [0.29, 0.717) is 27.9 Å². The molecule has 1 atom stereocenters. The number of carbonyl (C=O) groups is 3. The van der Waals surface area contributed by atoms with Crippen LogP contribution < -0.4 is 16.4 Å². The number of ether oxygens (including phenoxy) is 1. The minimum absolute atomic E-state index is 0.108. The summed E-state index contributed by atoms with van der Waals surface area (Å²) >= 11 is 0. The fourth-order valence-corrected chi connectivity index (χ4v) is 4.38. The number of amidine groups is 1. The smallest absolute Gasteiger partial charge is 0.300 e. The standard InChI is InChI=1S/C28H30FN5O3.C2H4O2/c1-3-37-28(34-16-21-9-6-7-17(2)24(21)27(34)36)26(35)33-15-20-12-11-18(25(30)31)13-23(20)32-14-19-8-4-5-10-22(19)29;1-2(3)4/h4-13,28,32H,3,14-16H2,1-2H3,(H3,30,31)(H,33,35);1H3,(H,3,4). The van der Waals surface area contributed by atoms with Crippen molar-refractivity contribution in [2.45, 2.75) is 46.6 Å². The molecule has 0 radical (unpaired) electrons. The first kappa shape index (κ1) is 30.8. The molecule has 1 unspecified atom stereocenters. The molecule has 1 heterocycles. The second kappa shape index (κ2) is 14.0. The van der Waals surface area contributed by atoms with Crippen LogP contribution >= 0.6 is 0 Å². The summed E-state index contributed by atoms with van der Waals surface area (Å²) in [7, 11) is 0. The van der Waals surface area contributed by atoms with Gasteiger partial charge in [0.05, 0.1) is 0 Å². The van der Waals surface area contributed by atoms with Crippen molar-refractivity contribution < 1.29 is 28.6 Å². The van der Waals surface area contributed by atoms with Crippen LogP contribution in [0, 0.1) is 18.2 Å². The Bertz CT molecular complexity index is 1440.